The highest BCUT2D eigenvalue weighted by atomic mass is 35.5. The van der Waals surface area contributed by atoms with Gasteiger partial charge in [0.15, 0.2) is 11.5 Å². The van der Waals surface area contributed by atoms with Gasteiger partial charge in [-0.15, -0.1) is 0 Å². The zero-order chi connectivity index (χ0) is 23.4. The molecule has 1 saturated heterocycles. The number of morpholine rings is 1. The first kappa shape index (κ1) is 23.6. The molecule has 4 rings (SSSR count). The SMILES string of the molecule is COc1ccc(C(=O)OCc2cc(Cl)c3c(c2)OCCCO3)cc1S(=O)(=O)N1CCOCC1. The molecule has 2 heterocycles. The third-order valence-corrected chi connectivity index (χ3v) is 7.42. The van der Waals surface area contributed by atoms with Crippen molar-refractivity contribution in [2.24, 2.45) is 0 Å². The summed E-state index contributed by atoms with van der Waals surface area (Å²) in [7, 11) is -2.50. The molecule has 0 aromatic heterocycles. The Hall–Kier alpha value is -2.53. The largest absolute Gasteiger partial charge is 0.495 e. The Balaban J connectivity index is 1.53. The van der Waals surface area contributed by atoms with Crippen molar-refractivity contribution in [1.29, 1.82) is 0 Å². The summed E-state index contributed by atoms with van der Waals surface area (Å²) in [5.41, 5.74) is 0.704. The molecule has 0 aliphatic carbocycles. The first-order valence-corrected chi connectivity index (χ1v) is 12.2. The number of ether oxygens (including phenoxy) is 5. The topological polar surface area (TPSA) is 101 Å². The van der Waals surface area contributed by atoms with Crippen LogP contribution >= 0.6 is 11.6 Å². The molecule has 0 spiro atoms. The number of methoxy groups -OCH3 is 1. The van der Waals surface area contributed by atoms with Crippen LogP contribution in [0.2, 0.25) is 5.02 Å². The van der Waals surface area contributed by atoms with Crippen LogP contribution in [-0.2, 0) is 26.1 Å². The fourth-order valence-electron chi connectivity index (χ4n) is 3.53. The quantitative estimate of drug-likeness (QED) is 0.561. The predicted molar refractivity (Wildman–Crippen MR) is 119 cm³/mol. The minimum absolute atomic E-state index is 0.0766. The number of halogens is 1. The Kier molecular flexibility index (Phi) is 7.28. The molecule has 178 valence electrons. The second-order valence-electron chi connectivity index (χ2n) is 7.41. The molecular formula is C22H24ClNO8S. The monoisotopic (exact) mass is 497 g/mol. The van der Waals surface area contributed by atoms with Gasteiger partial charge in [-0.1, -0.05) is 11.6 Å². The Morgan fingerprint density at radius 1 is 1.09 bits per heavy atom. The summed E-state index contributed by atoms with van der Waals surface area (Å²) in [4.78, 5) is 12.6. The van der Waals surface area contributed by atoms with Crippen molar-refractivity contribution in [3.63, 3.8) is 0 Å². The van der Waals surface area contributed by atoms with Crippen molar-refractivity contribution >= 4 is 27.6 Å². The Labute approximate surface area is 197 Å². The van der Waals surface area contributed by atoms with Crippen LogP contribution in [0.1, 0.15) is 22.3 Å². The third kappa shape index (κ3) is 5.19. The average molecular weight is 498 g/mol. The number of carbonyl (C=O) groups is 1. The van der Waals surface area contributed by atoms with E-state index in [0.29, 0.717) is 48.5 Å². The van der Waals surface area contributed by atoms with E-state index in [1.165, 1.54) is 29.6 Å². The van der Waals surface area contributed by atoms with Gasteiger partial charge in [0.1, 0.15) is 17.3 Å². The van der Waals surface area contributed by atoms with Gasteiger partial charge < -0.3 is 23.7 Å². The van der Waals surface area contributed by atoms with E-state index in [4.69, 9.17) is 35.3 Å². The Morgan fingerprint density at radius 2 is 1.85 bits per heavy atom. The normalized spacial score (nSPS) is 16.7. The van der Waals surface area contributed by atoms with Gasteiger partial charge in [0.25, 0.3) is 0 Å². The molecular weight excluding hydrogens is 474 g/mol. The van der Waals surface area contributed by atoms with Crippen LogP contribution in [0.3, 0.4) is 0 Å². The maximum atomic E-state index is 13.1. The number of esters is 1. The fourth-order valence-corrected chi connectivity index (χ4v) is 5.41. The number of nitrogens with zero attached hydrogens (tertiary/aromatic N) is 1. The van der Waals surface area contributed by atoms with Gasteiger partial charge in [0.2, 0.25) is 10.0 Å². The van der Waals surface area contributed by atoms with Crippen LogP contribution in [0.25, 0.3) is 0 Å². The van der Waals surface area contributed by atoms with Crippen LogP contribution in [0, 0.1) is 0 Å². The molecule has 1 fully saturated rings. The van der Waals surface area contributed by atoms with E-state index in [2.05, 4.69) is 0 Å². The van der Waals surface area contributed by atoms with Crippen LogP contribution < -0.4 is 14.2 Å². The van der Waals surface area contributed by atoms with Gasteiger partial charge in [-0.2, -0.15) is 4.31 Å². The smallest absolute Gasteiger partial charge is 0.338 e. The summed E-state index contributed by atoms with van der Waals surface area (Å²) in [6.45, 7) is 2.00. The van der Waals surface area contributed by atoms with Gasteiger partial charge in [0, 0.05) is 19.5 Å². The standard InChI is InChI=1S/C22H24ClNO8S/c1-28-18-4-3-16(13-20(18)33(26,27)24-5-9-29-10-6-24)22(25)32-14-15-11-17(23)21-19(12-15)30-7-2-8-31-21/h3-4,11-13H,2,5-10,14H2,1H3. The summed E-state index contributed by atoms with van der Waals surface area (Å²) in [5.74, 6) is 0.429. The van der Waals surface area contributed by atoms with Crippen LogP contribution in [0.5, 0.6) is 17.2 Å². The lowest BCUT2D eigenvalue weighted by molar-refractivity contribution is 0.0472. The minimum Gasteiger partial charge on any atom is -0.495 e. The zero-order valence-electron chi connectivity index (χ0n) is 18.0. The van der Waals surface area contributed by atoms with E-state index in [1.54, 1.807) is 12.1 Å². The van der Waals surface area contributed by atoms with E-state index < -0.39 is 16.0 Å². The molecule has 0 bridgehead atoms. The molecule has 2 aliphatic heterocycles. The predicted octanol–water partition coefficient (Wildman–Crippen LogP) is 2.89. The summed E-state index contributed by atoms with van der Waals surface area (Å²) < 4.78 is 54.7. The van der Waals surface area contributed by atoms with Crippen LogP contribution in [-0.4, -0.2) is 65.3 Å². The van der Waals surface area contributed by atoms with Crippen molar-refractivity contribution in [1.82, 2.24) is 4.31 Å². The zero-order valence-corrected chi connectivity index (χ0v) is 19.6. The highest BCUT2D eigenvalue weighted by Crippen LogP contribution is 2.38. The minimum atomic E-state index is -3.87. The van der Waals surface area contributed by atoms with E-state index in [1.807, 2.05) is 0 Å². The maximum absolute atomic E-state index is 13.1. The molecule has 0 atom stereocenters. The summed E-state index contributed by atoms with van der Waals surface area (Å²) >= 11 is 6.29. The van der Waals surface area contributed by atoms with E-state index in [9.17, 15) is 13.2 Å². The number of hydrogen-bond acceptors (Lipinski definition) is 8. The van der Waals surface area contributed by atoms with Gasteiger partial charge in [-0.05, 0) is 35.9 Å². The molecule has 2 aromatic rings. The summed E-state index contributed by atoms with van der Waals surface area (Å²) in [6, 6.07) is 7.52. The second-order valence-corrected chi connectivity index (χ2v) is 9.73. The molecule has 33 heavy (non-hydrogen) atoms. The van der Waals surface area contributed by atoms with E-state index in [0.717, 1.165) is 6.42 Å². The first-order chi connectivity index (χ1) is 15.9. The van der Waals surface area contributed by atoms with Crippen molar-refractivity contribution in [3.8, 4) is 17.2 Å². The number of fused-ring (bicyclic) bond motifs is 1. The number of hydrogen-bond donors (Lipinski definition) is 0. The number of carbonyl (C=O) groups excluding carboxylic acids is 1. The van der Waals surface area contributed by atoms with Crippen molar-refractivity contribution in [2.75, 3.05) is 46.6 Å². The van der Waals surface area contributed by atoms with Crippen LogP contribution in [0.4, 0.5) is 0 Å². The van der Waals surface area contributed by atoms with Crippen molar-refractivity contribution in [2.45, 2.75) is 17.9 Å². The lowest BCUT2D eigenvalue weighted by Gasteiger charge is -2.26. The lowest BCUT2D eigenvalue weighted by atomic mass is 10.2. The third-order valence-electron chi connectivity index (χ3n) is 5.22. The molecule has 0 unspecified atom stereocenters. The maximum Gasteiger partial charge on any atom is 0.338 e. The Bertz CT molecular complexity index is 1130. The second kappa shape index (κ2) is 10.2. The van der Waals surface area contributed by atoms with E-state index >= 15 is 0 Å². The fraction of sp³-hybridized carbons (Fsp3) is 0.409. The van der Waals surface area contributed by atoms with Crippen LogP contribution in [0.15, 0.2) is 35.2 Å². The average Bonchev–Trinajstić information content (AvgIpc) is 3.08. The molecule has 0 radical (unpaired) electrons. The molecule has 2 aromatic carbocycles. The summed E-state index contributed by atoms with van der Waals surface area (Å²) in [5, 5.41) is 0.365. The molecule has 9 nitrogen and oxygen atoms in total. The summed E-state index contributed by atoms with van der Waals surface area (Å²) in [6.07, 6.45) is 0.739. The molecule has 0 N–H and O–H groups in total. The number of benzene rings is 2. The highest BCUT2D eigenvalue weighted by molar-refractivity contribution is 7.89. The molecule has 0 saturated carbocycles. The molecule has 11 heteroatoms. The Morgan fingerprint density at radius 3 is 2.61 bits per heavy atom. The van der Waals surface area contributed by atoms with Gasteiger partial charge in [-0.3, -0.25) is 0 Å². The number of rotatable bonds is 6. The van der Waals surface area contributed by atoms with Gasteiger partial charge in [-0.25, -0.2) is 13.2 Å². The first-order valence-electron chi connectivity index (χ1n) is 10.4. The molecule has 2 aliphatic rings. The van der Waals surface area contributed by atoms with Crippen molar-refractivity contribution in [3.05, 3.63) is 46.5 Å². The van der Waals surface area contributed by atoms with Gasteiger partial charge in [0.05, 0.1) is 44.1 Å². The molecule has 0 amide bonds. The number of sulfonamides is 1. The van der Waals surface area contributed by atoms with E-state index in [-0.39, 0.29) is 35.9 Å². The lowest BCUT2D eigenvalue weighted by Crippen LogP contribution is -2.40. The highest BCUT2D eigenvalue weighted by Gasteiger charge is 2.30. The van der Waals surface area contributed by atoms with Crippen molar-refractivity contribution < 1.29 is 36.9 Å². The van der Waals surface area contributed by atoms with Gasteiger partial charge >= 0.3 is 5.97 Å².